The first-order valence-corrected chi connectivity index (χ1v) is 11.1. The largest absolute Gasteiger partial charge is 0.339 e. The summed E-state index contributed by atoms with van der Waals surface area (Å²) < 4.78 is 27.8. The van der Waals surface area contributed by atoms with E-state index in [4.69, 9.17) is 0 Å². The van der Waals surface area contributed by atoms with Gasteiger partial charge in [-0.15, -0.1) is 0 Å². The highest BCUT2D eigenvalue weighted by Gasteiger charge is 2.21. The van der Waals surface area contributed by atoms with Gasteiger partial charge in [0.25, 0.3) is 5.91 Å². The molecule has 0 atom stereocenters. The van der Waals surface area contributed by atoms with E-state index in [1.165, 1.54) is 24.5 Å². The molecule has 3 rings (SSSR count). The molecule has 1 fully saturated rings. The predicted octanol–water partition coefficient (Wildman–Crippen LogP) is 3.48. The van der Waals surface area contributed by atoms with Crippen molar-refractivity contribution in [3.8, 4) is 0 Å². The van der Waals surface area contributed by atoms with Gasteiger partial charge in [0, 0.05) is 25.2 Å². The molecule has 1 aliphatic heterocycles. The summed E-state index contributed by atoms with van der Waals surface area (Å²) in [5, 5.41) is 0. The molecule has 0 radical (unpaired) electrons. The summed E-state index contributed by atoms with van der Waals surface area (Å²) in [6.45, 7) is 1.91. The van der Waals surface area contributed by atoms with Crippen molar-refractivity contribution in [1.82, 2.24) is 9.62 Å². The van der Waals surface area contributed by atoms with E-state index < -0.39 is 10.0 Å². The number of carbonyl (C=O) groups excluding carboxylic acids is 1. The van der Waals surface area contributed by atoms with Crippen molar-refractivity contribution >= 4 is 15.9 Å². The summed E-state index contributed by atoms with van der Waals surface area (Å²) in [6.07, 6.45) is 10.8. The molecule has 142 valence electrons. The predicted molar refractivity (Wildman–Crippen MR) is 103 cm³/mol. The zero-order chi connectivity index (χ0) is 18.4. The quantitative estimate of drug-likeness (QED) is 0.773. The molecule has 1 heterocycles. The molecule has 1 aliphatic carbocycles. The fraction of sp³-hybridized carbons (Fsp3) is 0.550. The molecule has 1 N–H and O–H groups in total. The minimum absolute atomic E-state index is 0.0749. The number of nitrogens with zero attached hydrogens (tertiary/aromatic N) is 1. The Morgan fingerprint density at radius 2 is 1.88 bits per heavy atom. The molecule has 0 unspecified atom stereocenters. The van der Waals surface area contributed by atoms with E-state index in [-0.39, 0.29) is 10.8 Å². The van der Waals surface area contributed by atoms with Crippen molar-refractivity contribution in [2.24, 2.45) is 0 Å². The average molecular weight is 377 g/mol. The summed E-state index contributed by atoms with van der Waals surface area (Å²) in [5.74, 6) is -0.0749. The summed E-state index contributed by atoms with van der Waals surface area (Å²) in [7, 11) is -3.60. The van der Waals surface area contributed by atoms with Crippen LogP contribution >= 0.6 is 0 Å². The summed E-state index contributed by atoms with van der Waals surface area (Å²) >= 11 is 0. The lowest BCUT2D eigenvalue weighted by molar-refractivity contribution is 0.0724. The van der Waals surface area contributed by atoms with Gasteiger partial charge in [0.1, 0.15) is 0 Å². The van der Waals surface area contributed by atoms with Crippen LogP contribution in [0, 0.1) is 0 Å². The first kappa shape index (κ1) is 19.1. The van der Waals surface area contributed by atoms with Crippen LogP contribution in [-0.4, -0.2) is 38.9 Å². The number of allylic oxidation sites excluding steroid dienone is 1. The molecular formula is C20H28N2O3S. The van der Waals surface area contributed by atoms with E-state index in [1.807, 2.05) is 4.90 Å². The molecule has 1 aromatic rings. The summed E-state index contributed by atoms with van der Waals surface area (Å²) in [4.78, 5) is 14.6. The fourth-order valence-corrected chi connectivity index (χ4v) is 4.71. The second-order valence-electron chi connectivity index (χ2n) is 7.14. The van der Waals surface area contributed by atoms with Gasteiger partial charge >= 0.3 is 0 Å². The number of benzene rings is 1. The average Bonchev–Trinajstić information content (AvgIpc) is 2.69. The van der Waals surface area contributed by atoms with Crippen molar-refractivity contribution in [3.63, 3.8) is 0 Å². The van der Waals surface area contributed by atoms with E-state index in [0.29, 0.717) is 12.1 Å². The molecular weight excluding hydrogens is 348 g/mol. The Morgan fingerprint density at radius 3 is 2.62 bits per heavy atom. The van der Waals surface area contributed by atoms with Gasteiger partial charge in [-0.3, -0.25) is 4.79 Å². The zero-order valence-corrected chi connectivity index (χ0v) is 16.1. The minimum atomic E-state index is -3.60. The van der Waals surface area contributed by atoms with E-state index in [0.717, 1.165) is 51.6 Å². The number of rotatable bonds is 6. The second-order valence-corrected chi connectivity index (χ2v) is 8.90. The number of nitrogens with one attached hydrogen (secondary N) is 1. The number of sulfonamides is 1. The van der Waals surface area contributed by atoms with Crippen LogP contribution < -0.4 is 4.72 Å². The van der Waals surface area contributed by atoms with Crippen molar-refractivity contribution < 1.29 is 13.2 Å². The van der Waals surface area contributed by atoms with Crippen LogP contribution in [0.25, 0.3) is 0 Å². The maximum atomic E-state index is 12.6. The molecule has 0 spiro atoms. The standard InChI is InChI=1S/C20H28N2O3S/c23-20(22-14-5-2-6-15-22)18-10-7-11-19(16-18)26(24,25)21-13-12-17-8-3-1-4-9-17/h7-8,10-11,16,21H,1-6,9,12-15H2. The number of hydrogen-bond donors (Lipinski definition) is 1. The first-order valence-electron chi connectivity index (χ1n) is 9.63. The number of hydrogen-bond acceptors (Lipinski definition) is 3. The molecule has 1 saturated heterocycles. The van der Waals surface area contributed by atoms with Crippen LogP contribution in [0.15, 0.2) is 40.8 Å². The monoisotopic (exact) mass is 376 g/mol. The van der Waals surface area contributed by atoms with E-state index in [9.17, 15) is 13.2 Å². The number of amides is 1. The molecule has 5 nitrogen and oxygen atoms in total. The van der Waals surface area contributed by atoms with Crippen LogP contribution in [0.1, 0.15) is 61.7 Å². The van der Waals surface area contributed by atoms with Crippen molar-refractivity contribution in [2.45, 2.75) is 56.3 Å². The Hall–Kier alpha value is -1.66. The number of carbonyl (C=O) groups is 1. The normalized spacial score (nSPS) is 18.5. The lowest BCUT2D eigenvalue weighted by Gasteiger charge is -2.26. The maximum Gasteiger partial charge on any atom is 0.253 e. The highest BCUT2D eigenvalue weighted by molar-refractivity contribution is 7.89. The topological polar surface area (TPSA) is 66.5 Å². The van der Waals surface area contributed by atoms with Gasteiger partial charge < -0.3 is 4.90 Å². The Kier molecular flexibility index (Phi) is 6.48. The van der Waals surface area contributed by atoms with Crippen molar-refractivity contribution in [3.05, 3.63) is 41.5 Å². The van der Waals surface area contributed by atoms with E-state index >= 15 is 0 Å². The Bertz CT molecular complexity index is 765. The Labute approximate surface area is 156 Å². The van der Waals surface area contributed by atoms with Gasteiger partial charge in [-0.1, -0.05) is 17.7 Å². The smallest absolute Gasteiger partial charge is 0.253 e. The molecule has 0 aromatic heterocycles. The van der Waals surface area contributed by atoms with Gasteiger partial charge in [0.05, 0.1) is 4.90 Å². The molecule has 0 saturated carbocycles. The van der Waals surface area contributed by atoms with Crippen LogP contribution in [0.2, 0.25) is 0 Å². The van der Waals surface area contributed by atoms with Gasteiger partial charge in [0.15, 0.2) is 0 Å². The van der Waals surface area contributed by atoms with Gasteiger partial charge in [0.2, 0.25) is 10.0 Å². The van der Waals surface area contributed by atoms with E-state index in [1.54, 1.807) is 18.2 Å². The van der Waals surface area contributed by atoms with Crippen LogP contribution in [0.5, 0.6) is 0 Å². The van der Waals surface area contributed by atoms with Gasteiger partial charge in [-0.2, -0.15) is 0 Å². The lowest BCUT2D eigenvalue weighted by atomic mass is 9.97. The highest BCUT2D eigenvalue weighted by Crippen LogP contribution is 2.20. The SMILES string of the molecule is O=C(c1cccc(S(=O)(=O)NCCC2=CCCCC2)c1)N1CCCCC1. The minimum Gasteiger partial charge on any atom is -0.339 e. The third-order valence-corrected chi connectivity index (χ3v) is 6.62. The maximum absolute atomic E-state index is 12.6. The van der Waals surface area contributed by atoms with E-state index in [2.05, 4.69) is 10.8 Å². The molecule has 1 amide bonds. The lowest BCUT2D eigenvalue weighted by Crippen LogP contribution is -2.35. The van der Waals surface area contributed by atoms with Gasteiger partial charge in [-0.05, 0) is 69.6 Å². The molecule has 6 heteroatoms. The fourth-order valence-electron chi connectivity index (χ4n) is 3.64. The van der Waals surface area contributed by atoms with Gasteiger partial charge in [-0.25, -0.2) is 13.1 Å². The van der Waals surface area contributed by atoms with Crippen molar-refractivity contribution in [1.29, 1.82) is 0 Å². The third-order valence-electron chi connectivity index (χ3n) is 5.16. The third kappa shape index (κ3) is 4.95. The second kappa shape index (κ2) is 8.82. The highest BCUT2D eigenvalue weighted by atomic mass is 32.2. The molecule has 0 bridgehead atoms. The molecule has 26 heavy (non-hydrogen) atoms. The summed E-state index contributed by atoms with van der Waals surface area (Å²) in [5.41, 5.74) is 1.79. The van der Waals surface area contributed by atoms with Crippen LogP contribution in [0.3, 0.4) is 0 Å². The molecule has 2 aliphatic rings. The molecule has 1 aromatic carbocycles. The van der Waals surface area contributed by atoms with Crippen molar-refractivity contribution in [2.75, 3.05) is 19.6 Å². The summed E-state index contributed by atoms with van der Waals surface area (Å²) in [6, 6.07) is 6.40. The Morgan fingerprint density at radius 1 is 1.08 bits per heavy atom. The zero-order valence-electron chi connectivity index (χ0n) is 15.2. The Balaban J connectivity index is 1.63. The van der Waals surface area contributed by atoms with Crippen LogP contribution in [0.4, 0.5) is 0 Å². The first-order chi connectivity index (χ1) is 12.6. The number of likely N-dealkylation sites (tertiary alicyclic amines) is 1. The van der Waals surface area contributed by atoms with Crippen LogP contribution in [-0.2, 0) is 10.0 Å². The number of piperidine rings is 1.